The highest BCUT2D eigenvalue weighted by molar-refractivity contribution is 5.81. The Morgan fingerprint density at radius 3 is 2.50 bits per heavy atom. The first-order valence-electron chi connectivity index (χ1n) is 7.42. The topological polar surface area (TPSA) is 96.8 Å². The Morgan fingerprint density at radius 1 is 1.21 bits per heavy atom. The molecule has 0 fully saturated rings. The van der Waals surface area contributed by atoms with Gasteiger partial charge in [-0.25, -0.2) is 0 Å². The number of nitrogens with one attached hydrogen (secondary N) is 1. The Labute approximate surface area is 139 Å². The summed E-state index contributed by atoms with van der Waals surface area (Å²) in [4.78, 5) is 14.7. The van der Waals surface area contributed by atoms with E-state index in [1.54, 1.807) is 18.3 Å². The van der Waals surface area contributed by atoms with Crippen LogP contribution in [0.4, 0.5) is 11.4 Å². The zero-order valence-electron chi connectivity index (χ0n) is 13.1. The van der Waals surface area contributed by atoms with Crippen molar-refractivity contribution < 1.29 is 4.92 Å². The summed E-state index contributed by atoms with van der Waals surface area (Å²) in [6.07, 6.45) is 1.24. The Morgan fingerprint density at radius 2 is 1.88 bits per heavy atom. The van der Waals surface area contributed by atoms with Gasteiger partial charge < -0.3 is 5.73 Å². The molecule has 0 saturated carbocycles. The Bertz CT molecular complexity index is 799. The highest BCUT2D eigenvalue weighted by Crippen LogP contribution is 2.24. The fraction of sp³-hybridized carbons (Fsp3) is 0.118. The second-order valence-corrected chi connectivity index (χ2v) is 5.38. The normalized spacial score (nSPS) is 17.4. The molecule has 0 saturated heterocycles. The van der Waals surface area contributed by atoms with Crippen LogP contribution in [-0.4, -0.2) is 17.3 Å². The number of anilines is 1. The monoisotopic (exact) mass is 323 g/mol. The number of hydrogen-bond donors (Lipinski definition) is 2. The molecule has 24 heavy (non-hydrogen) atoms. The lowest BCUT2D eigenvalue weighted by Gasteiger charge is -2.24. The number of nitro groups is 1. The maximum atomic E-state index is 10.7. The van der Waals surface area contributed by atoms with Gasteiger partial charge in [0.1, 0.15) is 6.17 Å². The molecule has 3 rings (SSSR count). The minimum absolute atomic E-state index is 0.0528. The molecule has 3 N–H and O–H groups in total. The quantitative estimate of drug-likeness (QED) is 0.512. The number of para-hydroxylation sites is 1. The third-order valence-corrected chi connectivity index (χ3v) is 3.72. The maximum absolute atomic E-state index is 10.7. The molecule has 0 aromatic heterocycles. The number of nitrogens with zero attached hydrogens (tertiary/aromatic N) is 3. The molecule has 0 amide bonds. The van der Waals surface area contributed by atoms with Crippen molar-refractivity contribution in [3.05, 3.63) is 81.7 Å². The van der Waals surface area contributed by atoms with Crippen molar-refractivity contribution in [2.45, 2.75) is 13.1 Å². The number of hydrazine groups is 1. The van der Waals surface area contributed by atoms with Crippen molar-refractivity contribution in [1.29, 1.82) is 0 Å². The van der Waals surface area contributed by atoms with E-state index < -0.39 is 11.1 Å². The standard InChI is InChI=1S/C17H17N5O2/c1-12-16(17(18)21(20-12)14-5-3-2-4-6-14)19-11-13-7-9-15(10-8-13)22(23)24/h2-11,17,20H,18H2,1H3/t17-/m1/s1. The number of nitrogens with two attached hydrogens (primary N) is 1. The predicted octanol–water partition coefficient (Wildman–Crippen LogP) is 2.55. The molecule has 0 spiro atoms. The number of non-ortho nitro benzene ring substituents is 1. The smallest absolute Gasteiger partial charge is 0.269 e. The number of hydrogen-bond acceptors (Lipinski definition) is 6. The minimum atomic E-state index is -0.428. The van der Waals surface area contributed by atoms with E-state index in [1.165, 1.54) is 12.1 Å². The Hall–Kier alpha value is -3.19. The van der Waals surface area contributed by atoms with Crippen LogP contribution in [0.5, 0.6) is 0 Å². The summed E-state index contributed by atoms with van der Waals surface area (Å²) in [7, 11) is 0. The lowest BCUT2D eigenvalue weighted by atomic mass is 10.2. The van der Waals surface area contributed by atoms with Crippen molar-refractivity contribution in [3.8, 4) is 0 Å². The van der Waals surface area contributed by atoms with Crippen LogP contribution in [0, 0.1) is 10.1 Å². The van der Waals surface area contributed by atoms with Crippen LogP contribution in [0.25, 0.3) is 0 Å². The fourth-order valence-corrected chi connectivity index (χ4v) is 2.46. The summed E-state index contributed by atoms with van der Waals surface area (Å²) in [5.74, 6) is 0. The van der Waals surface area contributed by atoms with Crippen LogP contribution >= 0.6 is 0 Å². The largest absolute Gasteiger partial charge is 0.305 e. The SMILES string of the molecule is CC1=C(N=Cc2ccc([N+](=O)[O-])cc2)[C@H](N)N(c2ccccc2)N1. The van der Waals surface area contributed by atoms with Gasteiger partial charge in [-0.3, -0.25) is 25.5 Å². The molecule has 1 heterocycles. The highest BCUT2D eigenvalue weighted by atomic mass is 16.6. The van der Waals surface area contributed by atoms with E-state index in [2.05, 4.69) is 10.4 Å². The number of benzene rings is 2. The molecule has 2 aromatic rings. The minimum Gasteiger partial charge on any atom is -0.305 e. The summed E-state index contributed by atoms with van der Waals surface area (Å²) in [5, 5.41) is 12.5. The van der Waals surface area contributed by atoms with Crippen LogP contribution < -0.4 is 16.2 Å². The molecule has 122 valence electrons. The molecule has 0 bridgehead atoms. The second kappa shape index (κ2) is 6.51. The van der Waals surface area contributed by atoms with Gasteiger partial charge in [-0.2, -0.15) is 0 Å². The molecule has 1 aliphatic heterocycles. The Balaban J connectivity index is 1.77. The Kier molecular flexibility index (Phi) is 4.26. The van der Waals surface area contributed by atoms with Gasteiger partial charge in [-0.15, -0.1) is 0 Å². The first-order chi connectivity index (χ1) is 11.6. The number of rotatable bonds is 4. The highest BCUT2D eigenvalue weighted by Gasteiger charge is 2.27. The third kappa shape index (κ3) is 3.11. The predicted molar refractivity (Wildman–Crippen MR) is 93.4 cm³/mol. The van der Waals surface area contributed by atoms with Gasteiger partial charge in [-0.1, -0.05) is 18.2 Å². The van der Waals surface area contributed by atoms with Crippen molar-refractivity contribution in [2.24, 2.45) is 10.7 Å². The average Bonchev–Trinajstić information content (AvgIpc) is 2.88. The van der Waals surface area contributed by atoms with E-state index >= 15 is 0 Å². The summed E-state index contributed by atoms with van der Waals surface area (Å²) in [5.41, 5.74) is 12.8. The van der Waals surface area contributed by atoms with Gasteiger partial charge in [0, 0.05) is 18.3 Å². The summed E-state index contributed by atoms with van der Waals surface area (Å²) in [6.45, 7) is 1.91. The lowest BCUT2D eigenvalue weighted by molar-refractivity contribution is -0.384. The molecule has 1 aliphatic rings. The lowest BCUT2D eigenvalue weighted by Crippen LogP contribution is -2.44. The van der Waals surface area contributed by atoms with E-state index in [9.17, 15) is 10.1 Å². The van der Waals surface area contributed by atoms with E-state index in [1.807, 2.05) is 42.3 Å². The van der Waals surface area contributed by atoms with Crippen LogP contribution in [0.3, 0.4) is 0 Å². The molecule has 7 nitrogen and oxygen atoms in total. The zero-order valence-corrected chi connectivity index (χ0v) is 13.1. The molecule has 7 heteroatoms. The first kappa shape index (κ1) is 15.7. The van der Waals surface area contributed by atoms with Crippen molar-refractivity contribution >= 4 is 17.6 Å². The third-order valence-electron chi connectivity index (χ3n) is 3.72. The van der Waals surface area contributed by atoms with Crippen LogP contribution in [0.2, 0.25) is 0 Å². The fourth-order valence-electron chi connectivity index (χ4n) is 2.46. The van der Waals surface area contributed by atoms with Gasteiger partial charge in [0.2, 0.25) is 0 Å². The molecule has 0 radical (unpaired) electrons. The van der Waals surface area contributed by atoms with E-state index in [0.717, 1.165) is 22.6 Å². The summed E-state index contributed by atoms with van der Waals surface area (Å²) < 4.78 is 0. The summed E-state index contributed by atoms with van der Waals surface area (Å²) >= 11 is 0. The number of allylic oxidation sites excluding steroid dienone is 1. The van der Waals surface area contributed by atoms with Gasteiger partial charge in [-0.05, 0) is 36.8 Å². The van der Waals surface area contributed by atoms with Crippen molar-refractivity contribution in [1.82, 2.24) is 5.43 Å². The summed E-state index contributed by atoms with van der Waals surface area (Å²) in [6, 6.07) is 16.0. The molecule has 0 unspecified atom stereocenters. The average molecular weight is 323 g/mol. The van der Waals surface area contributed by atoms with Gasteiger partial charge >= 0.3 is 0 Å². The first-order valence-corrected chi connectivity index (χ1v) is 7.42. The van der Waals surface area contributed by atoms with Crippen LogP contribution in [0.1, 0.15) is 12.5 Å². The van der Waals surface area contributed by atoms with Crippen molar-refractivity contribution in [3.63, 3.8) is 0 Å². The second-order valence-electron chi connectivity index (χ2n) is 5.38. The molecular weight excluding hydrogens is 306 g/mol. The van der Waals surface area contributed by atoms with Gasteiger partial charge in [0.05, 0.1) is 22.0 Å². The van der Waals surface area contributed by atoms with E-state index in [0.29, 0.717) is 0 Å². The molecule has 2 aromatic carbocycles. The van der Waals surface area contributed by atoms with E-state index in [4.69, 9.17) is 5.73 Å². The molecular formula is C17H17N5O2. The molecule has 1 atom stereocenters. The number of nitro benzene ring substituents is 1. The molecule has 0 aliphatic carbocycles. The van der Waals surface area contributed by atoms with Crippen molar-refractivity contribution in [2.75, 3.05) is 5.01 Å². The zero-order chi connectivity index (χ0) is 17.1. The number of aliphatic imine (C=N–C) groups is 1. The van der Waals surface area contributed by atoms with E-state index in [-0.39, 0.29) is 5.69 Å². The van der Waals surface area contributed by atoms with Gasteiger partial charge in [0.15, 0.2) is 0 Å². The van der Waals surface area contributed by atoms with Gasteiger partial charge in [0.25, 0.3) is 5.69 Å². The maximum Gasteiger partial charge on any atom is 0.269 e. The van der Waals surface area contributed by atoms with Crippen LogP contribution in [0.15, 0.2) is 71.0 Å². The van der Waals surface area contributed by atoms with Crippen LogP contribution in [-0.2, 0) is 0 Å².